The smallest absolute Gasteiger partial charge is 0.123 e. The summed E-state index contributed by atoms with van der Waals surface area (Å²) in [5, 5.41) is 13.4. The first-order chi connectivity index (χ1) is 10.6. The summed E-state index contributed by atoms with van der Waals surface area (Å²) in [4.78, 5) is 2.58. The minimum Gasteiger partial charge on any atom is -0.491 e. The minimum absolute atomic E-state index is 0.216. The van der Waals surface area contributed by atoms with Crippen molar-refractivity contribution in [2.75, 3.05) is 19.7 Å². The van der Waals surface area contributed by atoms with E-state index in [1.807, 2.05) is 0 Å². The van der Waals surface area contributed by atoms with Crippen molar-refractivity contribution < 1.29 is 14.2 Å². The van der Waals surface area contributed by atoms with Crippen LogP contribution in [-0.4, -0.2) is 53.9 Å². The molecule has 0 aromatic heterocycles. The summed E-state index contributed by atoms with van der Waals surface area (Å²) >= 11 is 0. The van der Waals surface area contributed by atoms with E-state index in [0.29, 0.717) is 24.4 Å². The van der Waals surface area contributed by atoms with Crippen LogP contribution in [0.3, 0.4) is 0 Å². The van der Waals surface area contributed by atoms with Gasteiger partial charge in [-0.05, 0) is 50.5 Å². The molecule has 2 fully saturated rings. The highest BCUT2D eigenvalue weighted by atomic mass is 19.1. The van der Waals surface area contributed by atoms with Crippen molar-refractivity contribution in [1.82, 2.24) is 10.2 Å². The van der Waals surface area contributed by atoms with E-state index in [4.69, 9.17) is 4.74 Å². The second-order valence-electron chi connectivity index (χ2n) is 6.54. The second kappa shape index (κ2) is 6.94. The molecule has 1 aromatic rings. The first kappa shape index (κ1) is 15.7. The van der Waals surface area contributed by atoms with E-state index in [2.05, 4.69) is 17.1 Å². The van der Waals surface area contributed by atoms with Crippen molar-refractivity contribution in [3.05, 3.63) is 30.1 Å². The maximum atomic E-state index is 12.8. The maximum absolute atomic E-state index is 12.8. The maximum Gasteiger partial charge on any atom is 0.123 e. The van der Waals surface area contributed by atoms with Gasteiger partial charge in [-0.15, -0.1) is 0 Å². The van der Waals surface area contributed by atoms with Gasteiger partial charge in [0, 0.05) is 31.2 Å². The first-order valence-electron chi connectivity index (χ1n) is 8.17. The number of nitrogens with zero attached hydrogens (tertiary/aromatic N) is 1. The third-order valence-electron chi connectivity index (χ3n) is 4.54. The summed E-state index contributed by atoms with van der Waals surface area (Å²) in [7, 11) is 0. The zero-order valence-corrected chi connectivity index (χ0v) is 13.0. The van der Waals surface area contributed by atoms with Gasteiger partial charge in [0.15, 0.2) is 0 Å². The lowest BCUT2D eigenvalue weighted by Gasteiger charge is -2.20. The summed E-state index contributed by atoms with van der Waals surface area (Å²) in [5.41, 5.74) is 0. The van der Waals surface area contributed by atoms with E-state index in [1.54, 1.807) is 12.1 Å². The lowest BCUT2D eigenvalue weighted by molar-refractivity contribution is 0.103. The molecule has 0 spiro atoms. The molecule has 122 valence electrons. The molecule has 2 N–H and O–H groups in total. The minimum atomic E-state index is -0.560. The molecular formula is C17H25FN2O2. The van der Waals surface area contributed by atoms with Gasteiger partial charge in [0.1, 0.15) is 24.3 Å². The van der Waals surface area contributed by atoms with Crippen LogP contribution in [0.15, 0.2) is 24.3 Å². The Kier molecular flexibility index (Phi) is 4.96. The highest BCUT2D eigenvalue weighted by Crippen LogP contribution is 2.33. The Balaban J connectivity index is 1.35. The first-order valence-corrected chi connectivity index (χ1v) is 8.17. The van der Waals surface area contributed by atoms with Crippen LogP contribution in [0, 0.1) is 5.82 Å². The van der Waals surface area contributed by atoms with E-state index in [1.165, 1.54) is 25.0 Å². The average Bonchev–Trinajstić information content (AvgIpc) is 3.28. The number of benzene rings is 1. The quantitative estimate of drug-likeness (QED) is 0.806. The highest BCUT2D eigenvalue weighted by Gasteiger charge is 2.38. The van der Waals surface area contributed by atoms with Crippen LogP contribution in [0.4, 0.5) is 4.39 Å². The fourth-order valence-electron chi connectivity index (χ4n) is 3.20. The highest BCUT2D eigenvalue weighted by molar-refractivity contribution is 5.22. The molecule has 2 aliphatic rings. The van der Waals surface area contributed by atoms with Gasteiger partial charge in [0.05, 0.1) is 0 Å². The van der Waals surface area contributed by atoms with Crippen LogP contribution in [-0.2, 0) is 0 Å². The van der Waals surface area contributed by atoms with Crippen molar-refractivity contribution in [3.63, 3.8) is 0 Å². The van der Waals surface area contributed by atoms with Crippen LogP contribution in [0.5, 0.6) is 5.75 Å². The van der Waals surface area contributed by atoms with Gasteiger partial charge in [0.25, 0.3) is 0 Å². The van der Waals surface area contributed by atoms with Crippen LogP contribution >= 0.6 is 0 Å². The van der Waals surface area contributed by atoms with Crippen molar-refractivity contribution in [2.45, 2.75) is 50.4 Å². The van der Waals surface area contributed by atoms with Gasteiger partial charge in [-0.1, -0.05) is 0 Å². The van der Waals surface area contributed by atoms with E-state index in [9.17, 15) is 9.50 Å². The van der Waals surface area contributed by atoms with Crippen LogP contribution in [0.25, 0.3) is 0 Å². The normalized spacial score (nSPS) is 27.0. The molecule has 1 aliphatic heterocycles. The third kappa shape index (κ3) is 4.18. The number of rotatable bonds is 7. The van der Waals surface area contributed by atoms with Gasteiger partial charge in [-0.3, -0.25) is 4.90 Å². The summed E-state index contributed by atoms with van der Waals surface area (Å²) in [6, 6.07) is 7.74. The molecule has 3 atom stereocenters. The number of halogens is 1. The molecule has 1 aliphatic carbocycles. The molecule has 0 radical (unpaired) electrons. The SMILES string of the molecule is CC1CC(NCC(O)COc2ccc(F)cc2)CN1C1CC1. The Hall–Kier alpha value is -1.17. The molecule has 22 heavy (non-hydrogen) atoms. The van der Waals surface area contributed by atoms with E-state index < -0.39 is 6.10 Å². The van der Waals surface area contributed by atoms with Crippen molar-refractivity contribution in [3.8, 4) is 5.75 Å². The number of aliphatic hydroxyl groups is 1. The molecule has 1 aromatic carbocycles. The van der Waals surface area contributed by atoms with Crippen molar-refractivity contribution in [2.24, 2.45) is 0 Å². The predicted molar refractivity (Wildman–Crippen MR) is 83.5 cm³/mol. The zero-order chi connectivity index (χ0) is 15.5. The summed E-state index contributed by atoms with van der Waals surface area (Å²) in [5.74, 6) is 0.292. The third-order valence-corrected chi connectivity index (χ3v) is 4.54. The van der Waals surface area contributed by atoms with Gasteiger partial charge in [-0.2, -0.15) is 0 Å². The van der Waals surface area contributed by atoms with Gasteiger partial charge in [-0.25, -0.2) is 4.39 Å². The predicted octanol–water partition coefficient (Wildman–Crippen LogP) is 1.78. The van der Waals surface area contributed by atoms with E-state index >= 15 is 0 Å². The molecule has 0 bridgehead atoms. The summed E-state index contributed by atoms with van der Waals surface area (Å²) in [6.07, 6.45) is 3.26. The Morgan fingerprint density at radius 3 is 2.77 bits per heavy atom. The second-order valence-corrected chi connectivity index (χ2v) is 6.54. The molecule has 4 nitrogen and oxygen atoms in total. The van der Waals surface area contributed by atoms with Crippen LogP contribution < -0.4 is 10.1 Å². The molecule has 1 heterocycles. The van der Waals surface area contributed by atoms with Crippen molar-refractivity contribution >= 4 is 0 Å². The summed E-state index contributed by atoms with van der Waals surface area (Å²) < 4.78 is 18.2. The van der Waals surface area contributed by atoms with Crippen LogP contribution in [0.2, 0.25) is 0 Å². The van der Waals surface area contributed by atoms with E-state index in [-0.39, 0.29) is 12.4 Å². The summed E-state index contributed by atoms with van der Waals surface area (Å²) in [6.45, 7) is 4.11. The molecule has 3 unspecified atom stereocenters. The Labute approximate surface area is 131 Å². The molecular weight excluding hydrogens is 283 g/mol. The van der Waals surface area contributed by atoms with Gasteiger partial charge in [0.2, 0.25) is 0 Å². The Bertz CT molecular complexity index is 478. The topological polar surface area (TPSA) is 44.7 Å². The number of hydrogen-bond acceptors (Lipinski definition) is 4. The number of nitrogens with one attached hydrogen (secondary N) is 1. The molecule has 3 rings (SSSR count). The molecule has 1 saturated heterocycles. The number of likely N-dealkylation sites (tertiary alicyclic amines) is 1. The standard InChI is InChI=1S/C17H25FN2O2/c1-12-8-14(10-20(12)15-4-5-15)19-9-16(21)11-22-17-6-2-13(18)3-7-17/h2-3,6-7,12,14-16,19,21H,4-5,8-11H2,1H3. The lowest BCUT2D eigenvalue weighted by atomic mass is 10.2. The lowest BCUT2D eigenvalue weighted by Crippen LogP contribution is -2.39. The number of aliphatic hydroxyl groups excluding tert-OH is 1. The Morgan fingerprint density at radius 2 is 2.09 bits per heavy atom. The average molecular weight is 308 g/mol. The fourth-order valence-corrected chi connectivity index (χ4v) is 3.20. The molecule has 0 amide bonds. The monoisotopic (exact) mass is 308 g/mol. The van der Waals surface area contributed by atoms with E-state index in [0.717, 1.165) is 19.0 Å². The van der Waals surface area contributed by atoms with Crippen LogP contribution in [0.1, 0.15) is 26.2 Å². The van der Waals surface area contributed by atoms with Crippen molar-refractivity contribution in [1.29, 1.82) is 0 Å². The largest absolute Gasteiger partial charge is 0.491 e. The molecule has 5 heteroatoms. The Morgan fingerprint density at radius 1 is 1.36 bits per heavy atom. The number of ether oxygens (including phenoxy) is 1. The number of hydrogen-bond donors (Lipinski definition) is 2. The fraction of sp³-hybridized carbons (Fsp3) is 0.647. The van der Waals surface area contributed by atoms with Gasteiger partial charge < -0.3 is 15.2 Å². The molecule has 1 saturated carbocycles. The zero-order valence-electron chi connectivity index (χ0n) is 13.0. The van der Waals surface area contributed by atoms with Gasteiger partial charge >= 0.3 is 0 Å².